The Morgan fingerprint density at radius 2 is 1.97 bits per heavy atom. The minimum absolute atomic E-state index is 0.0754. The van der Waals surface area contributed by atoms with Crippen LogP contribution in [0.25, 0.3) is 17.0 Å². The van der Waals surface area contributed by atoms with E-state index in [1.165, 1.54) is 24.3 Å². The van der Waals surface area contributed by atoms with E-state index in [9.17, 15) is 23.3 Å². The highest BCUT2D eigenvalue weighted by atomic mass is 35.5. The number of hydrogen-bond acceptors (Lipinski definition) is 8. The highest BCUT2D eigenvalue weighted by molar-refractivity contribution is 7.98. The Morgan fingerprint density at radius 3 is 2.63 bits per heavy atom. The largest absolute Gasteiger partial charge is 0.417 e. The molecular weight excluding hydrogens is 449 g/mol. The number of halogens is 4. The van der Waals surface area contributed by atoms with Crippen LogP contribution in [0.2, 0.25) is 5.02 Å². The van der Waals surface area contributed by atoms with Crippen LogP contribution in [0, 0.1) is 10.1 Å². The van der Waals surface area contributed by atoms with Gasteiger partial charge >= 0.3 is 6.18 Å². The molecule has 9 nitrogen and oxygen atoms in total. The van der Waals surface area contributed by atoms with E-state index < -0.39 is 16.7 Å². The third kappa shape index (κ3) is 3.93. The lowest BCUT2D eigenvalue weighted by molar-refractivity contribution is -0.384. The first-order chi connectivity index (χ1) is 14.2. The molecule has 0 fully saturated rings. The molecule has 3 aromatic heterocycles. The smallest absolute Gasteiger partial charge is 0.338 e. The van der Waals surface area contributed by atoms with Crippen LogP contribution in [0.15, 0.2) is 46.2 Å². The number of fused-ring (bicyclic) bond motifs is 1. The molecule has 0 radical (unpaired) electrons. The SMILES string of the molecule is O=[N+]([O-])c1ccc(-c2noc(CSc3nnc4c(Cl)cc(C(F)(F)F)cn34)n2)cc1. The molecule has 4 aromatic rings. The molecule has 0 aliphatic carbocycles. The van der Waals surface area contributed by atoms with E-state index in [-0.39, 0.29) is 39.0 Å². The Bertz CT molecular complexity index is 1240. The topological polar surface area (TPSA) is 112 Å². The molecule has 0 atom stereocenters. The van der Waals surface area contributed by atoms with Crippen molar-refractivity contribution in [3.05, 3.63) is 63.1 Å². The number of alkyl halides is 3. The number of nitrogens with zero attached hydrogens (tertiary/aromatic N) is 6. The van der Waals surface area contributed by atoms with E-state index in [0.29, 0.717) is 5.56 Å². The molecule has 0 unspecified atom stereocenters. The Hall–Kier alpha value is -3.19. The number of rotatable bonds is 5. The molecule has 0 bridgehead atoms. The average Bonchev–Trinajstić information content (AvgIpc) is 3.33. The summed E-state index contributed by atoms with van der Waals surface area (Å²) in [6.45, 7) is 0. The summed E-state index contributed by atoms with van der Waals surface area (Å²) < 4.78 is 45.4. The maximum Gasteiger partial charge on any atom is 0.417 e. The lowest BCUT2D eigenvalue weighted by Crippen LogP contribution is -2.07. The van der Waals surface area contributed by atoms with E-state index in [0.717, 1.165) is 28.4 Å². The van der Waals surface area contributed by atoms with Gasteiger partial charge in [-0.1, -0.05) is 28.5 Å². The quantitative estimate of drug-likeness (QED) is 0.242. The predicted molar refractivity (Wildman–Crippen MR) is 98.9 cm³/mol. The van der Waals surface area contributed by atoms with E-state index >= 15 is 0 Å². The van der Waals surface area contributed by atoms with Crippen molar-refractivity contribution in [2.45, 2.75) is 17.1 Å². The maximum atomic E-state index is 13.0. The van der Waals surface area contributed by atoms with Crippen LogP contribution < -0.4 is 0 Å². The monoisotopic (exact) mass is 456 g/mol. The van der Waals surface area contributed by atoms with Gasteiger partial charge in [0.2, 0.25) is 11.7 Å². The molecule has 0 aliphatic rings. The van der Waals surface area contributed by atoms with Gasteiger partial charge in [-0.15, -0.1) is 10.2 Å². The van der Waals surface area contributed by atoms with Crippen LogP contribution in [-0.4, -0.2) is 29.7 Å². The van der Waals surface area contributed by atoms with Gasteiger partial charge in [-0.2, -0.15) is 18.2 Å². The third-order valence-electron chi connectivity index (χ3n) is 3.89. The lowest BCUT2D eigenvalue weighted by Gasteiger charge is -2.08. The van der Waals surface area contributed by atoms with Crippen molar-refractivity contribution >= 4 is 34.7 Å². The van der Waals surface area contributed by atoms with Crippen molar-refractivity contribution in [1.82, 2.24) is 24.7 Å². The molecule has 0 spiro atoms. The minimum Gasteiger partial charge on any atom is -0.338 e. The number of benzene rings is 1. The molecule has 14 heteroatoms. The van der Waals surface area contributed by atoms with Crippen LogP contribution in [-0.2, 0) is 11.9 Å². The molecule has 30 heavy (non-hydrogen) atoms. The van der Waals surface area contributed by atoms with Crippen LogP contribution in [0.3, 0.4) is 0 Å². The summed E-state index contributed by atoms with van der Waals surface area (Å²) in [6, 6.07) is 6.36. The Balaban J connectivity index is 1.53. The average molecular weight is 457 g/mol. The van der Waals surface area contributed by atoms with Crippen molar-refractivity contribution in [3.63, 3.8) is 0 Å². The summed E-state index contributed by atoms with van der Waals surface area (Å²) in [6.07, 6.45) is -3.71. The first-order valence-corrected chi connectivity index (χ1v) is 9.40. The summed E-state index contributed by atoms with van der Waals surface area (Å²) in [7, 11) is 0. The Labute approximate surface area is 174 Å². The number of hydrogen-bond donors (Lipinski definition) is 0. The van der Waals surface area contributed by atoms with Crippen molar-refractivity contribution in [3.8, 4) is 11.4 Å². The fraction of sp³-hybridized carbons (Fsp3) is 0.125. The van der Waals surface area contributed by atoms with Crippen LogP contribution >= 0.6 is 23.4 Å². The number of thioether (sulfide) groups is 1. The van der Waals surface area contributed by atoms with Crippen molar-refractivity contribution < 1.29 is 22.6 Å². The van der Waals surface area contributed by atoms with Gasteiger partial charge in [-0.25, -0.2) is 0 Å². The number of aromatic nitrogens is 5. The van der Waals surface area contributed by atoms with Crippen molar-refractivity contribution in [2.75, 3.05) is 0 Å². The van der Waals surface area contributed by atoms with Crippen molar-refractivity contribution in [1.29, 1.82) is 0 Å². The first kappa shape index (κ1) is 20.1. The van der Waals surface area contributed by atoms with Gasteiger partial charge in [0.05, 0.1) is 21.3 Å². The third-order valence-corrected chi connectivity index (χ3v) is 5.09. The minimum atomic E-state index is -4.57. The lowest BCUT2D eigenvalue weighted by atomic mass is 10.2. The van der Waals surface area contributed by atoms with Gasteiger partial charge < -0.3 is 4.52 Å². The molecular formula is C16H8ClF3N6O3S. The highest BCUT2D eigenvalue weighted by Gasteiger charge is 2.32. The van der Waals surface area contributed by atoms with Gasteiger partial charge in [0, 0.05) is 23.9 Å². The fourth-order valence-electron chi connectivity index (χ4n) is 2.48. The van der Waals surface area contributed by atoms with Gasteiger partial charge in [0.25, 0.3) is 5.69 Å². The zero-order chi connectivity index (χ0) is 21.5. The molecule has 1 aromatic carbocycles. The second-order valence-corrected chi connectivity index (χ2v) is 7.20. The van der Waals surface area contributed by atoms with Gasteiger partial charge in [-0.05, 0) is 18.2 Å². The Morgan fingerprint density at radius 1 is 1.23 bits per heavy atom. The second-order valence-electron chi connectivity index (χ2n) is 5.86. The Kier molecular flexibility index (Phi) is 5.07. The molecule has 4 rings (SSSR count). The molecule has 0 aliphatic heterocycles. The number of non-ortho nitro benzene ring substituents is 1. The summed E-state index contributed by atoms with van der Waals surface area (Å²) in [4.78, 5) is 14.4. The van der Waals surface area contributed by atoms with Gasteiger partial charge in [0.1, 0.15) is 0 Å². The van der Waals surface area contributed by atoms with E-state index in [1.807, 2.05) is 0 Å². The number of nitro benzene ring substituents is 1. The summed E-state index contributed by atoms with van der Waals surface area (Å²) in [5.74, 6) is 0.506. The van der Waals surface area contributed by atoms with Crippen molar-refractivity contribution in [2.24, 2.45) is 0 Å². The standard InChI is InChI=1S/C16H8ClF3N6O3S/c17-11-5-9(16(18,19)20)6-25-14(11)22-23-15(25)30-7-12-21-13(24-29-12)8-1-3-10(4-2-8)26(27)28/h1-6H,7H2. The zero-order valence-electron chi connectivity index (χ0n) is 14.5. The fourth-order valence-corrected chi connectivity index (χ4v) is 3.47. The summed E-state index contributed by atoms with van der Waals surface area (Å²) in [5.41, 5.74) is -0.409. The highest BCUT2D eigenvalue weighted by Crippen LogP contribution is 2.33. The van der Waals surface area contributed by atoms with Gasteiger partial charge in [0.15, 0.2) is 10.8 Å². The first-order valence-electron chi connectivity index (χ1n) is 8.04. The second kappa shape index (κ2) is 7.57. The number of nitro groups is 1. The molecule has 3 heterocycles. The van der Waals surface area contributed by atoms with Gasteiger partial charge in [-0.3, -0.25) is 14.5 Å². The molecule has 154 valence electrons. The molecule has 0 N–H and O–H groups in total. The van der Waals surface area contributed by atoms with E-state index in [1.54, 1.807) is 0 Å². The van der Waals surface area contributed by atoms with Crippen LogP contribution in [0.4, 0.5) is 18.9 Å². The maximum absolute atomic E-state index is 13.0. The molecule has 0 amide bonds. The molecule has 0 saturated carbocycles. The summed E-state index contributed by atoms with van der Waals surface area (Å²) >= 11 is 6.92. The number of pyridine rings is 1. The molecule has 0 saturated heterocycles. The van der Waals surface area contributed by atoms with Crippen LogP contribution in [0.1, 0.15) is 11.5 Å². The van der Waals surface area contributed by atoms with Crippen LogP contribution in [0.5, 0.6) is 0 Å². The normalized spacial score (nSPS) is 11.9. The zero-order valence-corrected chi connectivity index (χ0v) is 16.1. The summed E-state index contributed by atoms with van der Waals surface area (Å²) in [5, 5.41) is 22.1. The predicted octanol–water partition coefficient (Wildman–Crippen LogP) is 4.65. The van der Waals surface area contributed by atoms with E-state index in [2.05, 4.69) is 20.3 Å². The van der Waals surface area contributed by atoms with E-state index in [4.69, 9.17) is 16.1 Å².